The molecule has 0 amide bonds. The zero-order valence-corrected chi connectivity index (χ0v) is 7.30. The monoisotopic (exact) mass is 195 g/mol. The lowest BCUT2D eigenvalue weighted by Crippen LogP contribution is -2.04. The van der Waals surface area contributed by atoms with Crippen molar-refractivity contribution in [3.8, 4) is 5.75 Å². The molecule has 0 saturated heterocycles. The summed E-state index contributed by atoms with van der Waals surface area (Å²) < 4.78 is 0. The number of halogens is 1. The van der Waals surface area contributed by atoms with Crippen molar-refractivity contribution in [3.63, 3.8) is 0 Å². The summed E-state index contributed by atoms with van der Waals surface area (Å²) in [6.07, 6.45) is 1.41. The van der Waals surface area contributed by atoms with Crippen LogP contribution >= 0.6 is 11.6 Å². The molecule has 0 bridgehead atoms. The van der Waals surface area contributed by atoms with Crippen LogP contribution in [0.2, 0.25) is 5.02 Å². The number of phenolic OH excluding ortho intramolecular Hbond substituents is 1. The predicted molar refractivity (Wildman–Crippen MR) is 51.2 cm³/mol. The van der Waals surface area contributed by atoms with Gasteiger partial charge in [0.05, 0.1) is 5.02 Å². The molecule has 1 aromatic carbocycles. The van der Waals surface area contributed by atoms with Gasteiger partial charge in [0.1, 0.15) is 5.75 Å². The number of H-pyrrole nitrogens is 1. The fourth-order valence-corrected chi connectivity index (χ4v) is 1.42. The first-order chi connectivity index (χ1) is 6.18. The van der Waals surface area contributed by atoms with Gasteiger partial charge in [0, 0.05) is 17.0 Å². The number of aromatic nitrogens is 1. The average molecular weight is 196 g/mol. The van der Waals surface area contributed by atoms with Crippen molar-refractivity contribution in [2.45, 2.75) is 0 Å². The number of aromatic hydroxyl groups is 1. The predicted octanol–water partition coefficient (Wildman–Crippen LogP) is 1.89. The van der Waals surface area contributed by atoms with E-state index in [1.807, 2.05) is 0 Å². The van der Waals surface area contributed by atoms with Crippen LogP contribution in [0.25, 0.3) is 10.8 Å². The van der Waals surface area contributed by atoms with Gasteiger partial charge in [0.2, 0.25) is 0 Å². The highest BCUT2D eigenvalue weighted by Crippen LogP contribution is 2.23. The van der Waals surface area contributed by atoms with Crippen LogP contribution in [0.3, 0.4) is 0 Å². The van der Waals surface area contributed by atoms with Gasteiger partial charge in [0.25, 0.3) is 5.56 Å². The number of benzene rings is 1. The maximum Gasteiger partial charge on any atom is 0.255 e. The Balaban J connectivity index is 3.01. The Morgan fingerprint density at radius 3 is 2.85 bits per heavy atom. The minimum Gasteiger partial charge on any atom is -0.508 e. The van der Waals surface area contributed by atoms with E-state index >= 15 is 0 Å². The number of hydrogen-bond acceptors (Lipinski definition) is 2. The van der Waals surface area contributed by atoms with Crippen LogP contribution in [0.15, 0.2) is 29.2 Å². The second kappa shape index (κ2) is 2.78. The fourth-order valence-electron chi connectivity index (χ4n) is 1.21. The van der Waals surface area contributed by atoms with Crippen LogP contribution in [0.4, 0.5) is 0 Å². The van der Waals surface area contributed by atoms with Crippen molar-refractivity contribution in [2.75, 3.05) is 0 Å². The first-order valence-electron chi connectivity index (χ1n) is 3.68. The van der Waals surface area contributed by atoms with Gasteiger partial charge in [-0.15, -0.1) is 0 Å². The van der Waals surface area contributed by atoms with Gasteiger partial charge in [-0.1, -0.05) is 11.6 Å². The summed E-state index contributed by atoms with van der Waals surface area (Å²) in [7, 11) is 0. The van der Waals surface area contributed by atoms with Crippen molar-refractivity contribution in [3.05, 3.63) is 39.8 Å². The highest BCUT2D eigenvalue weighted by molar-refractivity contribution is 6.35. The van der Waals surface area contributed by atoms with Gasteiger partial charge in [0.15, 0.2) is 0 Å². The van der Waals surface area contributed by atoms with Crippen LogP contribution in [0.1, 0.15) is 0 Å². The smallest absolute Gasteiger partial charge is 0.255 e. The van der Waals surface area contributed by atoms with Crippen molar-refractivity contribution >= 4 is 22.4 Å². The van der Waals surface area contributed by atoms with Gasteiger partial charge in [-0.2, -0.15) is 0 Å². The summed E-state index contributed by atoms with van der Waals surface area (Å²) in [4.78, 5) is 13.7. The zero-order valence-electron chi connectivity index (χ0n) is 6.54. The summed E-state index contributed by atoms with van der Waals surface area (Å²) >= 11 is 5.82. The van der Waals surface area contributed by atoms with Crippen molar-refractivity contribution in [2.24, 2.45) is 0 Å². The molecular formula is C9H6ClNO2. The molecule has 2 aromatic rings. The topological polar surface area (TPSA) is 53.1 Å². The summed E-state index contributed by atoms with van der Waals surface area (Å²) in [5.74, 6) is 0.0972. The van der Waals surface area contributed by atoms with E-state index in [0.29, 0.717) is 15.8 Å². The van der Waals surface area contributed by atoms with Crippen molar-refractivity contribution in [1.82, 2.24) is 4.98 Å². The number of hydrogen-bond donors (Lipinski definition) is 2. The number of fused-ring (bicyclic) bond motifs is 1. The van der Waals surface area contributed by atoms with Crippen LogP contribution in [-0.2, 0) is 0 Å². The minimum atomic E-state index is -0.209. The molecule has 13 heavy (non-hydrogen) atoms. The van der Waals surface area contributed by atoms with Crippen LogP contribution in [0.5, 0.6) is 5.75 Å². The molecule has 0 fully saturated rings. The molecule has 0 radical (unpaired) electrons. The molecule has 0 saturated carbocycles. The Morgan fingerprint density at radius 2 is 2.08 bits per heavy atom. The van der Waals surface area contributed by atoms with Crippen LogP contribution < -0.4 is 5.56 Å². The molecule has 66 valence electrons. The summed E-state index contributed by atoms with van der Waals surface area (Å²) in [5, 5.41) is 10.6. The van der Waals surface area contributed by atoms with Crippen LogP contribution in [0, 0.1) is 0 Å². The maximum absolute atomic E-state index is 11.2. The molecule has 0 aliphatic carbocycles. The Hall–Kier alpha value is -1.48. The van der Waals surface area contributed by atoms with E-state index in [-0.39, 0.29) is 11.3 Å². The quantitative estimate of drug-likeness (QED) is 0.675. The standard InChI is InChI=1S/C9H6ClNO2/c10-8-4-11-9(13)6-2-1-5(12)3-7(6)8/h1-4,12H,(H,11,13). The lowest BCUT2D eigenvalue weighted by atomic mass is 10.2. The third-order valence-corrected chi connectivity index (χ3v) is 2.15. The van der Waals surface area contributed by atoms with E-state index in [1.165, 1.54) is 24.4 Å². The highest BCUT2D eigenvalue weighted by Gasteiger charge is 2.02. The van der Waals surface area contributed by atoms with Crippen molar-refractivity contribution < 1.29 is 5.11 Å². The fraction of sp³-hybridized carbons (Fsp3) is 0. The lowest BCUT2D eigenvalue weighted by molar-refractivity contribution is 0.476. The normalized spacial score (nSPS) is 10.5. The summed E-state index contributed by atoms with van der Waals surface area (Å²) in [6, 6.07) is 4.45. The van der Waals surface area contributed by atoms with Gasteiger partial charge < -0.3 is 10.1 Å². The first kappa shape index (κ1) is 8.13. The Bertz CT molecular complexity index is 518. The van der Waals surface area contributed by atoms with E-state index in [0.717, 1.165) is 0 Å². The molecule has 1 heterocycles. The second-order valence-corrected chi connectivity index (χ2v) is 3.10. The summed E-state index contributed by atoms with van der Waals surface area (Å²) in [6.45, 7) is 0. The molecule has 1 aromatic heterocycles. The molecule has 2 rings (SSSR count). The molecule has 0 atom stereocenters. The highest BCUT2D eigenvalue weighted by atomic mass is 35.5. The molecule has 2 N–H and O–H groups in total. The largest absolute Gasteiger partial charge is 0.508 e. The Labute approximate surface area is 78.6 Å². The van der Waals surface area contributed by atoms with E-state index in [4.69, 9.17) is 11.6 Å². The zero-order chi connectivity index (χ0) is 9.42. The van der Waals surface area contributed by atoms with E-state index in [2.05, 4.69) is 4.98 Å². The Morgan fingerprint density at radius 1 is 1.31 bits per heavy atom. The maximum atomic E-state index is 11.2. The number of pyridine rings is 1. The van der Waals surface area contributed by atoms with Gasteiger partial charge in [-0.3, -0.25) is 4.79 Å². The summed E-state index contributed by atoms with van der Waals surface area (Å²) in [5.41, 5.74) is -0.209. The van der Waals surface area contributed by atoms with E-state index < -0.39 is 0 Å². The van der Waals surface area contributed by atoms with Gasteiger partial charge in [-0.05, 0) is 18.2 Å². The molecular weight excluding hydrogens is 190 g/mol. The molecule has 0 unspecified atom stereocenters. The Kier molecular flexibility index (Phi) is 1.74. The third kappa shape index (κ3) is 1.27. The minimum absolute atomic E-state index is 0.0972. The second-order valence-electron chi connectivity index (χ2n) is 2.70. The molecule has 0 spiro atoms. The third-order valence-electron chi connectivity index (χ3n) is 1.84. The molecule has 0 aliphatic heterocycles. The van der Waals surface area contributed by atoms with Gasteiger partial charge >= 0.3 is 0 Å². The number of nitrogens with one attached hydrogen (secondary N) is 1. The van der Waals surface area contributed by atoms with Crippen molar-refractivity contribution in [1.29, 1.82) is 0 Å². The number of phenols is 1. The average Bonchev–Trinajstić information content (AvgIpc) is 2.12. The first-order valence-corrected chi connectivity index (χ1v) is 4.06. The molecule has 0 aliphatic rings. The molecule has 4 heteroatoms. The lowest BCUT2D eigenvalue weighted by Gasteiger charge is -1.99. The van der Waals surface area contributed by atoms with E-state index in [1.54, 1.807) is 0 Å². The van der Waals surface area contributed by atoms with E-state index in [9.17, 15) is 9.90 Å². The number of rotatable bonds is 0. The number of aromatic amines is 1. The SMILES string of the molecule is O=c1[nH]cc(Cl)c2cc(O)ccc12. The van der Waals surface area contributed by atoms with Crippen LogP contribution in [-0.4, -0.2) is 10.1 Å². The van der Waals surface area contributed by atoms with Gasteiger partial charge in [-0.25, -0.2) is 0 Å². The molecule has 3 nitrogen and oxygen atoms in total.